The molecule has 4 heteroatoms. The van der Waals surface area contributed by atoms with E-state index in [4.69, 9.17) is 9.47 Å². The minimum atomic E-state index is -0.461. The lowest BCUT2D eigenvalue weighted by Gasteiger charge is -2.43. The van der Waals surface area contributed by atoms with E-state index in [2.05, 4.69) is 0 Å². The average Bonchev–Trinajstić information content (AvgIpc) is 2.71. The fourth-order valence-electron chi connectivity index (χ4n) is 2.96. The van der Waals surface area contributed by atoms with Gasteiger partial charge in [-0.1, -0.05) is 0 Å². The molecular weight excluding hydrogens is 218 g/mol. The molecule has 2 unspecified atom stereocenters. The lowest BCUT2D eigenvalue weighted by molar-refractivity contribution is -0.0390. The Bertz CT molecular complexity index is 334. The van der Waals surface area contributed by atoms with Crippen molar-refractivity contribution in [1.29, 1.82) is 0 Å². The number of nitrogens with zero attached hydrogens (tertiary/aromatic N) is 1. The zero-order valence-corrected chi connectivity index (χ0v) is 11.8. The molecule has 0 saturated carbocycles. The molecule has 0 bridgehead atoms. The highest BCUT2D eigenvalue weighted by atomic mass is 16.6. The molecule has 2 saturated heterocycles. The normalized spacial score (nSPS) is 33.2. The summed E-state index contributed by atoms with van der Waals surface area (Å²) in [5.41, 5.74) is -1.05. The summed E-state index contributed by atoms with van der Waals surface area (Å²) in [4.78, 5) is 14.1. The molecule has 1 amide bonds. The summed E-state index contributed by atoms with van der Waals surface area (Å²) in [6, 6.07) is 0. The second-order valence-electron chi connectivity index (χ2n) is 7.10. The van der Waals surface area contributed by atoms with Crippen molar-refractivity contribution < 1.29 is 14.3 Å². The molecule has 0 N–H and O–H groups in total. The number of morpholine rings is 1. The third-order valence-corrected chi connectivity index (χ3v) is 3.61. The first-order valence-corrected chi connectivity index (χ1v) is 6.17. The van der Waals surface area contributed by atoms with Crippen LogP contribution in [0.15, 0.2) is 0 Å². The average molecular weight is 241 g/mol. The minimum Gasteiger partial charge on any atom is -0.444 e. The standard InChI is InChI=1S/C13H23NO3/c1-11(2,3)17-10(15)14-12(4,5)8-9(16-8)13(14,6)7/h8-9H,1-7H3. The molecule has 0 aromatic rings. The van der Waals surface area contributed by atoms with Gasteiger partial charge in [0.15, 0.2) is 0 Å². The number of fused-ring (bicyclic) bond motifs is 1. The molecule has 2 fully saturated rings. The summed E-state index contributed by atoms with van der Waals surface area (Å²) in [6.07, 6.45) is 0.0401. The number of carbonyl (C=O) groups excluding carboxylic acids is 1. The van der Waals surface area contributed by atoms with Crippen LogP contribution in [0.2, 0.25) is 0 Å². The summed E-state index contributed by atoms with van der Waals surface area (Å²) in [7, 11) is 0. The number of hydrogen-bond donors (Lipinski definition) is 0. The lowest BCUT2D eigenvalue weighted by Crippen LogP contribution is -2.57. The monoisotopic (exact) mass is 241 g/mol. The summed E-state index contributed by atoms with van der Waals surface area (Å²) >= 11 is 0. The Balaban J connectivity index is 2.23. The van der Waals surface area contributed by atoms with E-state index in [9.17, 15) is 4.79 Å². The highest BCUT2D eigenvalue weighted by Gasteiger charge is 2.71. The maximum atomic E-state index is 12.3. The number of ether oxygens (including phenoxy) is 2. The van der Waals surface area contributed by atoms with Gasteiger partial charge in [-0.15, -0.1) is 0 Å². The second-order valence-corrected chi connectivity index (χ2v) is 7.10. The number of likely N-dealkylation sites (tertiary alicyclic amines) is 1. The van der Waals surface area contributed by atoms with Gasteiger partial charge in [-0.3, -0.25) is 4.90 Å². The van der Waals surface area contributed by atoms with Gasteiger partial charge < -0.3 is 9.47 Å². The molecule has 2 aliphatic rings. The molecule has 0 aromatic carbocycles. The van der Waals surface area contributed by atoms with E-state index in [1.807, 2.05) is 53.4 Å². The number of carbonyl (C=O) groups is 1. The molecule has 0 radical (unpaired) electrons. The third-order valence-electron chi connectivity index (χ3n) is 3.61. The Kier molecular flexibility index (Phi) is 2.36. The van der Waals surface area contributed by atoms with E-state index in [1.165, 1.54) is 0 Å². The third kappa shape index (κ3) is 1.82. The molecule has 17 heavy (non-hydrogen) atoms. The maximum Gasteiger partial charge on any atom is 0.411 e. The molecular formula is C13H23NO3. The fourth-order valence-corrected chi connectivity index (χ4v) is 2.96. The molecule has 0 spiro atoms. The van der Waals surface area contributed by atoms with Gasteiger partial charge in [0.2, 0.25) is 0 Å². The summed E-state index contributed by atoms with van der Waals surface area (Å²) < 4.78 is 11.1. The van der Waals surface area contributed by atoms with Gasteiger partial charge in [0.25, 0.3) is 0 Å². The van der Waals surface area contributed by atoms with E-state index in [1.54, 1.807) is 0 Å². The van der Waals surface area contributed by atoms with Crippen LogP contribution < -0.4 is 0 Å². The van der Waals surface area contributed by atoms with Gasteiger partial charge in [0.05, 0.1) is 11.1 Å². The highest BCUT2D eigenvalue weighted by Crippen LogP contribution is 2.53. The zero-order valence-electron chi connectivity index (χ0n) is 11.8. The molecule has 2 atom stereocenters. The van der Waals surface area contributed by atoms with Crippen LogP contribution >= 0.6 is 0 Å². The first-order valence-electron chi connectivity index (χ1n) is 6.17. The van der Waals surface area contributed by atoms with Gasteiger partial charge >= 0.3 is 6.09 Å². The Morgan fingerprint density at radius 2 is 1.53 bits per heavy atom. The molecule has 2 rings (SSSR count). The Hall–Kier alpha value is -0.770. The van der Waals surface area contributed by atoms with Crippen molar-refractivity contribution in [3.05, 3.63) is 0 Å². The topological polar surface area (TPSA) is 42.1 Å². The smallest absolute Gasteiger partial charge is 0.411 e. The van der Waals surface area contributed by atoms with Crippen LogP contribution in [0.25, 0.3) is 0 Å². The fraction of sp³-hybridized carbons (Fsp3) is 0.923. The quantitative estimate of drug-likeness (QED) is 0.612. The maximum absolute atomic E-state index is 12.3. The van der Waals surface area contributed by atoms with Crippen LogP contribution in [-0.4, -0.2) is 39.9 Å². The number of hydrogen-bond acceptors (Lipinski definition) is 3. The van der Waals surface area contributed by atoms with Crippen molar-refractivity contribution in [2.75, 3.05) is 0 Å². The minimum absolute atomic E-state index is 0.144. The largest absolute Gasteiger partial charge is 0.444 e. The predicted octanol–water partition coefficient (Wildman–Crippen LogP) is 2.56. The van der Waals surface area contributed by atoms with Crippen LogP contribution in [0.3, 0.4) is 0 Å². The van der Waals surface area contributed by atoms with Crippen LogP contribution in [0, 0.1) is 0 Å². The van der Waals surface area contributed by atoms with Gasteiger partial charge in [0.1, 0.15) is 17.8 Å². The molecule has 0 aliphatic carbocycles. The number of epoxide rings is 1. The number of rotatable bonds is 0. The Morgan fingerprint density at radius 1 is 1.12 bits per heavy atom. The van der Waals surface area contributed by atoms with Crippen LogP contribution in [0.5, 0.6) is 0 Å². The lowest BCUT2D eigenvalue weighted by atomic mass is 10.0. The van der Waals surface area contributed by atoms with Crippen molar-refractivity contribution in [3.63, 3.8) is 0 Å². The number of amides is 1. The summed E-state index contributed by atoms with van der Waals surface area (Å²) in [5.74, 6) is 0. The van der Waals surface area contributed by atoms with E-state index in [0.717, 1.165) is 0 Å². The van der Waals surface area contributed by atoms with E-state index >= 15 is 0 Å². The first-order chi connectivity index (χ1) is 7.48. The van der Waals surface area contributed by atoms with E-state index < -0.39 is 5.60 Å². The first kappa shape index (κ1) is 12.7. The van der Waals surface area contributed by atoms with Crippen molar-refractivity contribution in [3.8, 4) is 0 Å². The Labute approximate surface area is 103 Å². The van der Waals surface area contributed by atoms with Crippen molar-refractivity contribution in [1.82, 2.24) is 4.90 Å². The molecule has 2 aliphatic heterocycles. The van der Waals surface area contributed by atoms with Gasteiger partial charge in [-0.2, -0.15) is 0 Å². The van der Waals surface area contributed by atoms with Crippen LogP contribution in [-0.2, 0) is 9.47 Å². The van der Waals surface area contributed by atoms with Gasteiger partial charge in [0, 0.05) is 0 Å². The van der Waals surface area contributed by atoms with Gasteiger partial charge in [-0.25, -0.2) is 4.79 Å². The molecule has 0 aromatic heterocycles. The summed E-state index contributed by atoms with van der Waals surface area (Å²) in [5, 5.41) is 0. The van der Waals surface area contributed by atoms with Crippen molar-refractivity contribution in [2.24, 2.45) is 0 Å². The van der Waals surface area contributed by atoms with Crippen molar-refractivity contribution in [2.45, 2.75) is 77.4 Å². The predicted molar refractivity (Wildman–Crippen MR) is 64.9 cm³/mol. The second kappa shape index (κ2) is 3.16. The molecule has 2 heterocycles. The van der Waals surface area contributed by atoms with Crippen LogP contribution in [0.4, 0.5) is 4.79 Å². The van der Waals surface area contributed by atoms with E-state index in [0.29, 0.717) is 0 Å². The Morgan fingerprint density at radius 3 is 1.88 bits per heavy atom. The van der Waals surface area contributed by atoms with Gasteiger partial charge in [-0.05, 0) is 48.5 Å². The van der Waals surface area contributed by atoms with E-state index in [-0.39, 0.29) is 29.4 Å². The SMILES string of the molecule is CC(C)(C)OC(=O)N1C(C)(C)C2OC2C1(C)C. The highest BCUT2D eigenvalue weighted by molar-refractivity contribution is 5.72. The zero-order chi connectivity index (χ0) is 13.2. The summed E-state index contributed by atoms with van der Waals surface area (Å²) in [6.45, 7) is 13.8. The molecule has 4 nitrogen and oxygen atoms in total. The molecule has 98 valence electrons. The van der Waals surface area contributed by atoms with Crippen LogP contribution in [0.1, 0.15) is 48.5 Å². The van der Waals surface area contributed by atoms with Crippen molar-refractivity contribution >= 4 is 6.09 Å².